The number of hydrogen-bond donors (Lipinski definition) is 1. The van der Waals surface area contributed by atoms with E-state index in [0.29, 0.717) is 6.04 Å². The van der Waals surface area contributed by atoms with E-state index in [1.807, 2.05) is 26.5 Å². The maximum Gasteiger partial charge on any atom is 0.167 e. The Bertz CT molecular complexity index is 566. The summed E-state index contributed by atoms with van der Waals surface area (Å²) in [6, 6.07) is 4.87. The number of nitrogens with one attached hydrogen (secondary N) is 1. The van der Waals surface area contributed by atoms with Gasteiger partial charge in [-0.25, -0.2) is 4.98 Å². The Morgan fingerprint density at radius 3 is 2.40 bits per heavy atom. The number of aryl methyl sites for hydroxylation is 4. The Hall–Kier alpha value is -1.26. The Kier molecular flexibility index (Phi) is 4.89. The van der Waals surface area contributed by atoms with Crippen molar-refractivity contribution in [2.45, 2.75) is 32.0 Å². The van der Waals surface area contributed by atoms with Crippen molar-refractivity contribution in [3.8, 4) is 0 Å². The predicted octanol–water partition coefficient (Wildman–Crippen LogP) is 3.40. The van der Waals surface area contributed by atoms with Crippen LogP contribution in [0.2, 0.25) is 0 Å². The molecule has 0 bridgehead atoms. The van der Waals surface area contributed by atoms with Gasteiger partial charge in [-0.1, -0.05) is 29.5 Å². The number of thioether (sulfide) groups is 1. The van der Waals surface area contributed by atoms with Gasteiger partial charge in [-0.05, 0) is 44.5 Å². The minimum absolute atomic E-state index is 0.345. The van der Waals surface area contributed by atoms with Crippen molar-refractivity contribution in [2.75, 3.05) is 12.8 Å². The molecule has 1 atom stereocenters. The molecule has 3 nitrogen and oxygen atoms in total. The van der Waals surface area contributed by atoms with E-state index in [2.05, 4.69) is 47.8 Å². The zero-order valence-corrected chi connectivity index (χ0v) is 13.7. The summed E-state index contributed by atoms with van der Waals surface area (Å²) in [5.41, 5.74) is 5.47. The standard InChI is InChI=1S/C16H23N3S/c1-11-8-12(2)15(13(3)9-11)14(17-4)10-20-16-18-6-7-19(16)5/h6-9,14,17H,10H2,1-5H3. The second-order valence-electron chi connectivity index (χ2n) is 5.29. The normalized spacial score (nSPS) is 12.7. The molecule has 0 saturated heterocycles. The predicted molar refractivity (Wildman–Crippen MR) is 86.4 cm³/mol. The second-order valence-corrected chi connectivity index (χ2v) is 6.27. The van der Waals surface area contributed by atoms with Crippen molar-refractivity contribution in [1.82, 2.24) is 14.9 Å². The van der Waals surface area contributed by atoms with Crippen molar-refractivity contribution >= 4 is 11.8 Å². The van der Waals surface area contributed by atoms with Crippen LogP contribution in [-0.2, 0) is 7.05 Å². The molecule has 0 aliphatic carbocycles. The lowest BCUT2D eigenvalue weighted by Gasteiger charge is -2.21. The highest BCUT2D eigenvalue weighted by Gasteiger charge is 2.16. The molecule has 2 aromatic rings. The average Bonchev–Trinajstić information content (AvgIpc) is 2.78. The summed E-state index contributed by atoms with van der Waals surface area (Å²) in [5, 5.41) is 4.51. The first-order valence-electron chi connectivity index (χ1n) is 6.88. The maximum atomic E-state index is 4.37. The lowest BCUT2D eigenvalue weighted by atomic mass is 9.95. The van der Waals surface area contributed by atoms with Crippen LogP contribution in [0, 0.1) is 20.8 Å². The topological polar surface area (TPSA) is 29.9 Å². The van der Waals surface area contributed by atoms with E-state index in [9.17, 15) is 0 Å². The van der Waals surface area contributed by atoms with Gasteiger partial charge >= 0.3 is 0 Å². The molecule has 20 heavy (non-hydrogen) atoms. The quantitative estimate of drug-likeness (QED) is 0.856. The van der Waals surface area contributed by atoms with Crippen molar-refractivity contribution in [2.24, 2.45) is 7.05 Å². The van der Waals surface area contributed by atoms with Crippen LogP contribution in [0.1, 0.15) is 28.3 Å². The van der Waals surface area contributed by atoms with Crippen LogP contribution in [-0.4, -0.2) is 22.4 Å². The van der Waals surface area contributed by atoms with Crippen LogP contribution in [0.4, 0.5) is 0 Å². The molecule has 0 spiro atoms. The molecule has 108 valence electrons. The molecule has 1 unspecified atom stereocenters. The van der Waals surface area contributed by atoms with Crippen molar-refractivity contribution in [3.63, 3.8) is 0 Å². The third-order valence-corrected chi connectivity index (χ3v) is 4.74. The summed E-state index contributed by atoms with van der Waals surface area (Å²) in [7, 11) is 4.06. The molecule has 0 amide bonds. The van der Waals surface area contributed by atoms with Gasteiger partial charge in [0.25, 0.3) is 0 Å². The van der Waals surface area contributed by atoms with Gasteiger partial charge in [0.05, 0.1) is 0 Å². The molecule has 1 N–H and O–H groups in total. The van der Waals surface area contributed by atoms with Gasteiger partial charge < -0.3 is 9.88 Å². The number of benzene rings is 1. The van der Waals surface area contributed by atoms with E-state index in [4.69, 9.17) is 0 Å². The number of nitrogens with zero attached hydrogens (tertiary/aromatic N) is 2. The van der Waals surface area contributed by atoms with E-state index in [1.54, 1.807) is 11.8 Å². The fraction of sp³-hybridized carbons (Fsp3) is 0.438. The Balaban J connectivity index is 2.18. The summed E-state index contributed by atoms with van der Waals surface area (Å²) in [6.45, 7) is 6.55. The van der Waals surface area contributed by atoms with Gasteiger partial charge in [-0.3, -0.25) is 0 Å². The molecule has 1 heterocycles. The maximum absolute atomic E-state index is 4.37. The molecule has 1 aromatic heterocycles. The summed E-state index contributed by atoms with van der Waals surface area (Å²) < 4.78 is 2.06. The molecule has 0 aliphatic rings. The molecule has 4 heteroatoms. The van der Waals surface area contributed by atoms with Crippen molar-refractivity contribution < 1.29 is 0 Å². The summed E-state index contributed by atoms with van der Waals surface area (Å²) in [4.78, 5) is 4.37. The highest BCUT2D eigenvalue weighted by Crippen LogP contribution is 2.28. The summed E-state index contributed by atoms with van der Waals surface area (Å²) in [6.07, 6.45) is 3.83. The van der Waals surface area contributed by atoms with Crippen LogP contribution < -0.4 is 5.32 Å². The van der Waals surface area contributed by atoms with E-state index >= 15 is 0 Å². The Morgan fingerprint density at radius 2 is 1.90 bits per heavy atom. The molecule has 0 saturated carbocycles. The number of imidazole rings is 1. The minimum Gasteiger partial charge on any atom is -0.329 e. The van der Waals surface area contributed by atoms with Crippen LogP contribution in [0.15, 0.2) is 29.7 Å². The van der Waals surface area contributed by atoms with E-state index in [0.717, 1.165) is 10.9 Å². The van der Waals surface area contributed by atoms with Gasteiger partial charge in [0, 0.05) is 31.2 Å². The molecule has 0 radical (unpaired) electrons. The minimum atomic E-state index is 0.345. The molecule has 0 aliphatic heterocycles. The van der Waals surface area contributed by atoms with Gasteiger partial charge in [-0.2, -0.15) is 0 Å². The highest BCUT2D eigenvalue weighted by molar-refractivity contribution is 7.99. The SMILES string of the molecule is CNC(CSc1nccn1C)c1c(C)cc(C)cc1C. The van der Waals surface area contributed by atoms with Gasteiger partial charge in [-0.15, -0.1) is 0 Å². The summed E-state index contributed by atoms with van der Waals surface area (Å²) >= 11 is 1.79. The largest absolute Gasteiger partial charge is 0.329 e. The van der Waals surface area contributed by atoms with E-state index in [1.165, 1.54) is 22.3 Å². The van der Waals surface area contributed by atoms with Crippen LogP contribution in [0.25, 0.3) is 0 Å². The molecule has 2 rings (SSSR count). The third-order valence-electron chi connectivity index (χ3n) is 3.59. The Labute approximate surface area is 125 Å². The van der Waals surface area contributed by atoms with Crippen LogP contribution in [0.3, 0.4) is 0 Å². The molecular formula is C16H23N3S. The number of hydrogen-bond acceptors (Lipinski definition) is 3. The monoisotopic (exact) mass is 289 g/mol. The third kappa shape index (κ3) is 3.25. The Morgan fingerprint density at radius 1 is 1.25 bits per heavy atom. The lowest BCUT2D eigenvalue weighted by molar-refractivity contribution is 0.651. The van der Waals surface area contributed by atoms with Crippen LogP contribution >= 0.6 is 11.8 Å². The van der Waals surface area contributed by atoms with Gasteiger partial charge in [0.1, 0.15) is 0 Å². The molecule has 0 fully saturated rings. The fourth-order valence-electron chi connectivity index (χ4n) is 2.70. The molecular weight excluding hydrogens is 266 g/mol. The smallest absolute Gasteiger partial charge is 0.167 e. The summed E-state index contributed by atoms with van der Waals surface area (Å²) in [5.74, 6) is 0.978. The van der Waals surface area contributed by atoms with Crippen LogP contribution in [0.5, 0.6) is 0 Å². The molecule has 1 aromatic carbocycles. The van der Waals surface area contributed by atoms with Gasteiger partial charge in [0.2, 0.25) is 0 Å². The fourth-order valence-corrected chi connectivity index (χ4v) is 3.75. The first kappa shape index (κ1) is 15.1. The second kappa shape index (κ2) is 6.46. The highest BCUT2D eigenvalue weighted by atomic mass is 32.2. The van der Waals surface area contributed by atoms with Crippen molar-refractivity contribution in [1.29, 1.82) is 0 Å². The number of rotatable bonds is 5. The lowest BCUT2D eigenvalue weighted by Crippen LogP contribution is -2.21. The van der Waals surface area contributed by atoms with E-state index in [-0.39, 0.29) is 0 Å². The zero-order chi connectivity index (χ0) is 14.7. The first-order chi connectivity index (χ1) is 9.52. The number of aromatic nitrogens is 2. The average molecular weight is 289 g/mol. The van der Waals surface area contributed by atoms with E-state index < -0.39 is 0 Å². The first-order valence-corrected chi connectivity index (χ1v) is 7.86. The van der Waals surface area contributed by atoms with Crippen molar-refractivity contribution in [3.05, 3.63) is 46.8 Å². The van der Waals surface area contributed by atoms with Gasteiger partial charge in [0.15, 0.2) is 5.16 Å². The zero-order valence-electron chi connectivity index (χ0n) is 12.9.